The Morgan fingerprint density at radius 2 is 1.20 bits per heavy atom. The summed E-state index contributed by atoms with van der Waals surface area (Å²) in [7, 11) is -3.82. The van der Waals surface area contributed by atoms with E-state index in [0.29, 0.717) is 19.6 Å². The molecular formula is C29H42O5S. The maximum Gasteiger partial charge on any atom is 0.264 e. The third-order valence-corrected chi connectivity index (χ3v) is 6.72. The number of benzene rings is 2. The van der Waals surface area contributed by atoms with Gasteiger partial charge in [0.1, 0.15) is 11.5 Å². The number of hydrogen-bond acceptors (Lipinski definition) is 4. The molecule has 0 unspecified atom stereocenters. The fourth-order valence-corrected chi connectivity index (χ4v) is 4.59. The second-order valence-corrected chi connectivity index (χ2v) is 10.5. The highest BCUT2D eigenvalue weighted by Gasteiger charge is 2.13. The Morgan fingerprint density at radius 3 is 1.74 bits per heavy atom. The van der Waals surface area contributed by atoms with E-state index in [4.69, 9.17) is 14.0 Å². The first-order valence-corrected chi connectivity index (χ1v) is 14.6. The van der Waals surface area contributed by atoms with Crippen molar-refractivity contribution in [2.45, 2.75) is 77.0 Å². The molecule has 6 heteroatoms. The summed E-state index contributed by atoms with van der Waals surface area (Å²) in [6.07, 6.45) is 14.2. The van der Waals surface area contributed by atoms with Gasteiger partial charge in [-0.3, -0.25) is 4.55 Å². The van der Waals surface area contributed by atoms with Crippen LogP contribution in [0.4, 0.5) is 0 Å². The van der Waals surface area contributed by atoms with Crippen LogP contribution in [0.1, 0.15) is 77.0 Å². The molecule has 0 aliphatic rings. The van der Waals surface area contributed by atoms with Crippen LogP contribution in [0.25, 0.3) is 11.1 Å². The monoisotopic (exact) mass is 502 g/mol. The van der Waals surface area contributed by atoms with Gasteiger partial charge in [0, 0.05) is 0 Å². The van der Waals surface area contributed by atoms with Crippen LogP contribution >= 0.6 is 0 Å². The number of unbranched alkanes of at least 4 members (excludes halogenated alkanes) is 10. The van der Waals surface area contributed by atoms with E-state index < -0.39 is 10.1 Å². The lowest BCUT2D eigenvalue weighted by Gasteiger charge is -2.17. The fourth-order valence-electron chi connectivity index (χ4n) is 4.02. The van der Waals surface area contributed by atoms with Crippen molar-refractivity contribution < 1.29 is 22.4 Å². The largest absolute Gasteiger partial charge is 0.493 e. The van der Waals surface area contributed by atoms with Crippen LogP contribution in [0, 0.1) is 0 Å². The van der Waals surface area contributed by atoms with Crippen molar-refractivity contribution in [3.63, 3.8) is 0 Å². The second-order valence-electron chi connectivity index (χ2n) is 8.94. The minimum atomic E-state index is -3.82. The van der Waals surface area contributed by atoms with Crippen molar-refractivity contribution in [1.29, 1.82) is 0 Å². The molecular weight excluding hydrogens is 460 g/mol. The minimum absolute atomic E-state index is 0.136. The molecule has 2 aromatic rings. The smallest absolute Gasteiger partial charge is 0.264 e. The van der Waals surface area contributed by atoms with Gasteiger partial charge in [-0.05, 0) is 49.8 Å². The topological polar surface area (TPSA) is 72.8 Å². The first-order chi connectivity index (χ1) is 17.0. The van der Waals surface area contributed by atoms with Crippen LogP contribution in [0.3, 0.4) is 0 Å². The summed E-state index contributed by atoms with van der Waals surface area (Å²) in [5, 5.41) is 0. The highest BCUT2D eigenvalue weighted by Crippen LogP contribution is 2.38. The predicted octanol–water partition coefficient (Wildman–Crippen LogP) is 7.87. The van der Waals surface area contributed by atoms with Crippen LogP contribution in [0.5, 0.6) is 11.5 Å². The molecule has 0 amide bonds. The summed E-state index contributed by atoms with van der Waals surface area (Å²) in [6, 6.07) is 16.3. The molecule has 0 fully saturated rings. The zero-order valence-corrected chi connectivity index (χ0v) is 21.8. The maximum absolute atomic E-state index is 10.7. The highest BCUT2D eigenvalue weighted by atomic mass is 32.2. The van der Waals surface area contributed by atoms with E-state index in [-0.39, 0.29) is 5.75 Å². The highest BCUT2D eigenvalue weighted by molar-refractivity contribution is 7.85. The Bertz CT molecular complexity index is 941. The van der Waals surface area contributed by atoms with Crippen molar-refractivity contribution in [3.05, 3.63) is 61.2 Å². The Balaban J connectivity index is 1.79. The number of allylic oxidation sites excluding steroid dienone is 1. The minimum Gasteiger partial charge on any atom is -0.493 e. The summed E-state index contributed by atoms with van der Waals surface area (Å²) in [4.78, 5) is 0. The Labute approximate surface area is 212 Å². The van der Waals surface area contributed by atoms with E-state index in [1.165, 1.54) is 12.8 Å². The van der Waals surface area contributed by atoms with E-state index in [9.17, 15) is 8.42 Å². The van der Waals surface area contributed by atoms with Gasteiger partial charge in [0.15, 0.2) is 0 Å². The predicted molar refractivity (Wildman–Crippen MR) is 145 cm³/mol. The molecule has 0 aliphatic carbocycles. The lowest BCUT2D eigenvalue weighted by Crippen LogP contribution is -2.03. The second kappa shape index (κ2) is 17.2. The lowest BCUT2D eigenvalue weighted by atomic mass is 10.0. The summed E-state index contributed by atoms with van der Waals surface area (Å²) in [6.45, 7) is 5.12. The number of rotatable bonds is 20. The molecule has 0 bridgehead atoms. The van der Waals surface area contributed by atoms with E-state index in [1.807, 2.05) is 42.5 Å². The lowest BCUT2D eigenvalue weighted by molar-refractivity contribution is 0.292. The molecule has 0 atom stereocenters. The van der Waals surface area contributed by atoms with Crippen LogP contribution in [-0.2, 0) is 10.1 Å². The van der Waals surface area contributed by atoms with Gasteiger partial charge in [0.2, 0.25) is 0 Å². The standard InChI is InChI=1S/C29H42O5S/c1-2-3-4-5-9-15-23-33-27-21-18-22-28(29(27)26-19-13-12-14-20-26)34-24-16-10-7-6-8-11-17-25-35(30,31)32/h2,12-14,18-22H,1,3-11,15-17,23-25H2,(H,30,31,32). The molecule has 2 aromatic carbocycles. The van der Waals surface area contributed by atoms with Gasteiger partial charge in [0.25, 0.3) is 10.1 Å². The zero-order valence-electron chi connectivity index (χ0n) is 21.0. The zero-order chi connectivity index (χ0) is 25.2. The van der Waals surface area contributed by atoms with E-state index in [0.717, 1.165) is 80.4 Å². The van der Waals surface area contributed by atoms with Gasteiger partial charge < -0.3 is 9.47 Å². The molecule has 0 saturated heterocycles. The Morgan fingerprint density at radius 1 is 0.686 bits per heavy atom. The summed E-state index contributed by atoms with van der Waals surface area (Å²) in [5.74, 6) is 1.58. The molecule has 0 heterocycles. The molecule has 0 radical (unpaired) electrons. The van der Waals surface area contributed by atoms with E-state index in [1.54, 1.807) is 0 Å². The molecule has 1 N–H and O–H groups in total. The van der Waals surface area contributed by atoms with Gasteiger partial charge >= 0.3 is 0 Å². The Kier molecular flexibility index (Phi) is 14.2. The van der Waals surface area contributed by atoms with Crippen LogP contribution in [0.15, 0.2) is 61.2 Å². The molecule has 0 spiro atoms. The first-order valence-electron chi connectivity index (χ1n) is 13.0. The third kappa shape index (κ3) is 12.8. The fraction of sp³-hybridized carbons (Fsp3) is 0.517. The molecule has 2 rings (SSSR count). The Hall–Kier alpha value is -2.31. The molecule has 0 aromatic heterocycles. The van der Waals surface area contributed by atoms with Gasteiger partial charge in [-0.2, -0.15) is 8.42 Å². The van der Waals surface area contributed by atoms with Gasteiger partial charge in [-0.1, -0.05) is 87.4 Å². The van der Waals surface area contributed by atoms with Crippen molar-refractivity contribution >= 4 is 10.1 Å². The maximum atomic E-state index is 10.7. The van der Waals surface area contributed by atoms with Crippen molar-refractivity contribution in [2.24, 2.45) is 0 Å². The molecule has 5 nitrogen and oxygen atoms in total. The van der Waals surface area contributed by atoms with Crippen LogP contribution in [0.2, 0.25) is 0 Å². The van der Waals surface area contributed by atoms with Gasteiger partial charge in [0.05, 0.1) is 24.5 Å². The van der Waals surface area contributed by atoms with Gasteiger partial charge in [-0.25, -0.2) is 0 Å². The first kappa shape index (κ1) is 28.9. The average Bonchev–Trinajstić information content (AvgIpc) is 2.84. The van der Waals surface area contributed by atoms with Crippen molar-refractivity contribution in [2.75, 3.05) is 19.0 Å². The van der Waals surface area contributed by atoms with Crippen LogP contribution < -0.4 is 9.47 Å². The summed E-state index contributed by atoms with van der Waals surface area (Å²) >= 11 is 0. The average molecular weight is 503 g/mol. The molecule has 194 valence electrons. The van der Waals surface area contributed by atoms with Crippen LogP contribution in [-0.4, -0.2) is 31.9 Å². The number of ether oxygens (including phenoxy) is 2. The summed E-state index contributed by atoms with van der Waals surface area (Å²) in [5.41, 5.74) is 2.10. The normalized spacial score (nSPS) is 11.3. The SMILES string of the molecule is C=CCCCCCCOc1cccc(OCCCCCCCCCS(=O)(=O)O)c1-c1ccccc1. The number of hydrogen-bond donors (Lipinski definition) is 1. The van der Waals surface area contributed by atoms with Gasteiger partial charge in [-0.15, -0.1) is 6.58 Å². The molecule has 35 heavy (non-hydrogen) atoms. The van der Waals surface area contributed by atoms with E-state index >= 15 is 0 Å². The third-order valence-electron chi connectivity index (χ3n) is 5.91. The van der Waals surface area contributed by atoms with E-state index in [2.05, 4.69) is 18.7 Å². The van der Waals surface area contributed by atoms with Crippen molar-refractivity contribution in [3.8, 4) is 22.6 Å². The quantitative estimate of drug-likeness (QED) is 0.113. The molecule has 0 aliphatic heterocycles. The van der Waals surface area contributed by atoms with Crippen molar-refractivity contribution in [1.82, 2.24) is 0 Å². The molecule has 0 saturated carbocycles. The summed E-state index contributed by atoms with van der Waals surface area (Å²) < 4.78 is 42.6.